The van der Waals surface area contributed by atoms with E-state index in [-0.39, 0.29) is 5.91 Å². The number of hydrogen-bond acceptors (Lipinski definition) is 2. The third kappa shape index (κ3) is 2.51. The normalized spacial score (nSPS) is 21.5. The number of carbonyl (C=O) groups is 1. The van der Waals surface area contributed by atoms with Gasteiger partial charge in [-0.3, -0.25) is 4.79 Å². The minimum atomic E-state index is -0.405. The number of carbonyl (C=O) groups excluding carboxylic acids is 1. The lowest BCUT2D eigenvalue weighted by molar-refractivity contribution is -0.137. The lowest BCUT2D eigenvalue weighted by Crippen LogP contribution is -2.54. The van der Waals surface area contributed by atoms with E-state index in [0.29, 0.717) is 6.04 Å². The van der Waals surface area contributed by atoms with Crippen LogP contribution in [0.3, 0.4) is 0 Å². The zero-order chi connectivity index (χ0) is 11.1. The smallest absolute Gasteiger partial charge is 0.242 e. The molecule has 86 valence electrons. The van der Waals surface area contributed by atoms with Crippen molar-refractivity contribution in [3.63, 3.8) is 0 Å². The summed E-state index contributed by atoms with van der Waals surface area (Å²) in [7, 11) is 1.86. The van der Waals surface area contributed by atoms with Crippen LogP contribution in [0.25, 0.3) is 0 Å². The molecule has 15 heavy (non-hydrogen) atoms. The molecule has 0 unspecified atom stereocenters. The molecular weight excluding hydrogens is 188 g/mol. The fourth-order valence-corrected chi connectivity index (χ4v) is 1.83. The highest BCUT2D eigenvalue weighted by molar-refractivity contribution is 5.86. The Labute approximate surface area is 92.2 Å². The molecule has 3 heteroatoms. The third-order valence-electron chi connectivity index (χ3n) is 3.56. The Morgan fingerprint density at radius 1 is 1.33 bits per heavy atom. The molecule has 3 nitrogen and oxygen atoms in total. The molecule has 2 saturated carbocycles. The maximum absolute atomic E-state index is 12.3. The first kappa shape index (κ1) is 10.9. The number of likely N-dealkylation sites (N-methyl/N-ethyl adjacent to an activating group) is 1. The lowest BCUT2D eigenvalue weighted by Gasteiger charge is -2.32. The number of rotatable bonds is 5. The van der Waals surface area contributed by atoms with Gasteiger partial charge in [0.05, 0.1) is 5.54 Å². The van der Waals surface area contributed by atoms with Crippen molar-refractivity contribution in [3.05, 3.63) is 0 Å². The summed E-state index contributed by atoms with van der Waals surface area (Å²) >= 11 is 0. The van der Waals surface area contributed by atoms with Crippen molar-refractivity contribution in [3.8, 4) is 0 Å². The van der Waals surface area contributed by atoms with Gasteiger partial charge in [0.2, 0.25) is 5.91 Å². The minimum absolute atomic E-state index is 0.277. The fourth-order valence-electron chi connectivity index (χ4n) is 1.83. The van der Waals surface area contributed by atoms with E-state index in [0.717, 1.165) is 12.5 Å². The van der Waals surface area contributed by atoms with Crippen LogP contribution in [0.5, 0.6) is 0 Å². The third-order valence-corrected chi connectivity index (χ3v) is 3.56. The maximum atomic E-state index is 12.3. The molecule has 0 aromatic carbocycles. The number of nitrogens with zero attached hydrogens (tertiary/aromatic N) is 1. The summed E-state index contributed by atoms with van der Waals surface area (Å²) in [5.41, 5.74) is -0.405. The standard InChI is InChI=1S/C12H22N2O/c1-12(2,13-3)11(15)14(10-6-7-10)8-9-4-5-9/h9-10,13H,4-8H2,1-3H3. The SMILES string of the molecule is CNC(C)(C)C(=O)N(CC1CC1)C1CC1. The Morgan fingerprint density at radius 3 is 2.33 bits per heavy atom. The molecule has 0 aromatic heterocycles. The molecule has 1 N–H and O–H groups in total. The number of amides is 1. The predicted octanol–water partition coefficient (Wildman–Crippen LogP) is 1.39. The first-order valence-corrected chi connectivity index (χ1v) is 6.04. The zero-order valence-corrected chi connectivity index (χ0v) is 10.0. The second kappa shape index (κ2) is 3.78. The van der Waals surface area contributed by atoms with Crippen LogP contribution in [-0.4, -0.2) is 36.0 Å². The largest absolute Gasteiger partial charge is 0.338 e. The fraction of sp³-hybridized carbons (Fsp3) is 0.917. The first-order chi connectivity index (χ1) is 7.04. The first-order valence-electron chi connectivity index (χ1n) is 6.04. The Morgan fingerprint density at radius 2 is 1.93 bits per heavy atom. The molecule has 0 bridgehead atoms. The Bertz CT molecular complexity index is 254. The van der Waals surface area contributed by atoms with Gasteiger partial charge in [-0.05, 0) is 52.5 Å². The summed E-state index contributed by atoms with van der Waals surface area (Å²) in [6.45, 7) is 4.93. The van der Waals surface area contributed by atoms with Gasteiger partial charge in [0.25, 0.3) is 0 Å². The zero-order valence-electron chi connectivity index (χ0n) is 10.0. The molecule has 2 aliphatic carbocycles. The molecule has 0 aliphatic heterocycles. The van der Waals surface area contributed by atoms with Crippen molar-refractivity contribution in [2.24, 2.45) is 5.92 Å². The molecule has 0 aromatic rings. The van der Waals surface area contributed by atoms with Crippen LogP contribution in [0.2, 0.25) is 0 Å². The summed E-state index contributed by atoms with van der Waals surface area (Å²) in [6, 6.07) is 0.547. The van der Waals surface area contributed by atoms with E-state index in [1.807, 2.05) is 20.9 Å². The molecule has 1 amide bonds. The average Bonchev–Trinajstić information content (AvgIpc) is 3.02. The van der Waals surface area contributed by atoms with Crippen LogP contribution in [-0.2, 0) is 4.79 Å². The van der Waals surface area contributed by atoms with Gasteiger partial charge in [-0.1, -0.05) is 0 Å². The quantitative estimate of drug-likeness (QED) is 0.743. The van der Waals surface area contributed by atoms with Gasteiger partial charge < -0.3 is 10.2 Å². The molecule has 0 saturated heterocycles. The molecule has 2 rings (SSSR count). The van der Waals surface area contributed by atoms with Crippen LogP contribution < -0.4 is 5.32 Å². The highest BCUT2D eigenvalue weighted by atomic mass is 16.2. The van der Waals surface area contributed by atoms with E-state index in [2.05, 4.69) is 10.2 Å². The van der Waals surface area contributed by atoms with E-state index >= 15 is 0 Å². The van der Waals surface area contributed by atoms with Gasteiger partial charge in [0.15, 0.2) is 0 Å². The topological polar surface area (TPSA) is 32.3 Å². The summed E-state index contributed by atoms with van der Waals surface area (Å²) < 4.78 is 0. The average molecular weight is 210 g/mol. The van der Waals surface area contributed by atoms with Crippen LogP contribution in [0, 0.1) is 5.92 Å². The van der Waals surface area contributed by atoms with E-state index in [4.69, 9.17) is 0 Å². The Kier molecular flexibility index (Phi) is 2.75. The summed E-state index contributed by atoms with van der Waals surface area (Å²) in [6.07, 6.45) is 5.05. The van der Waals surface area contributed by atoms with Crippen LogP contribution in [0.1, 0.15) is 39.5 Å². The molecular formula is C12H22N2O. The summed E-state index contributed by atoms with van der Waals surface area (Å²) in [5.74, 6) is 1.07. The van der Waals surface area contributed by atoms with Crippen molar-refractivity contribution in [1.29, 1.82) is 0 Å². The van der Waals surface area contributed by atoms with E-state index < -0.39 is 5.54 Å². The van der Waals surface area contributed by atoms with Gasteiger partial charge in [-0.2, -0.15) is 0 Å². The van der Waals surface area contributed by atoms with Crippen molar-refractivity contribution in [2.45, 2.75) is 51.1 Å². The molecule has 0 radical (unpaired) electrons. The summed E-state index contributed by atoms with van der Waals surface area (Å²) in [4.78, 5) is 14.4. The van der Waals surface area contributed by atoms with Gasteiger partial charge in [-0.15, -0.1) is 0 Å². The van der Waals surface area contributed by atoms with E-state index in [1.165, 1.54) is 25.7 Å². The highest BCUT2D eigenvalue weighted by Crippen LogP contribution is 2.35. The van der Waals surface area contributed by atoms with Crippen molar-refractivity contribution in [2.75, 3.05) is 13.6 Å². The van der Waals surface area contributed by atoms with Crippen LogP contribution in [0.15, 0.2) is 0 Å². The van der Waals surface area contributed by atoms with Gasteiger partial charge >= 0.3 is 0 Å². The molecule has 2 fully saturated rings. The van der Waals surface area contributed by atoms with Gasteiger partial charge in [-0.25, -0.2) is 0 Å². The molecule has 0 atom stereocenters. The number of hydrogen-bond donors (Lipinski definition) is 1. The lowest BCUT2D eigenvalue weighted by atomic mass is 10.0. The predicted molar refractivity (Wildman–Crippen MR) is 60.6 cm³/mol. The maximum Gasteiger partial charge on any atom is 0.242 e. The molecule has 2 aliphatic rings. The highest BCUT2D eigenvalue weighted by Gasteiger charge is 2.41. The number of nitrogens with one attached hydrogen (secondary N) is 1. The van der Waals surface area contributed by atoms with Crippen LogP contribution in [0.4, 0.5) is 0 Å². The minimum Gasteiger partial charge on any atom is -0.338 e. The van der Waals surface area contributed by atoms with Gasteiger partial charge in [0, 0.05) is 12.6 Å². The molecule has 0 spiro atoms. The second-order valence-corrected chi connectivity index (χ2v) is 5.51. The Hall–Kier alpha value is -0.570. The monoisotopic (exact) mass is 210 g/mol. The van der Waals surface area contributed by atoms with E-state index in [9.17, 15) is 4.79 Å². The van der Waals surface area contributed by atoms with Crippen molar-refractivity contribution < 1.29 is 4.79 Å². The van der Waals surface area contributed by atoms with Crippen molar-refractivity contribution in [1.82, 2.24) is 10.2 Å². The van der Waals surface area contributed by atoms with Crippen LogP contribution >= 0.6 is 0 Å². The van der Waals surface area contributed by atoms with Crippen molar-refractivity contribution >= 4 is 5.91 Å². The van der Waals surface area contributed by atoms with E-state index in [1.54, 1.807) is 0 Å². The van der Waals surface area contributed by atoms with Gasteiger partial charge in [0.1, 0.15) is 0 Å². The second-order valence-electron chi connectivity index (χ2n) is 5.51. The molecule has 0 heterocycles. The Balaban J connectivity index is 1.99. The summed E-state index contributed by atoms with van der Waals surface area (Å²) in [5, 5.41) is 3.11.